The topological polar surface area (TPSA) is 92.8 Å². The quantitative estimate of drug-likeness (QED) is 0.383. The van der Waals surface area contributed by atoms with Crippen LogP contribution in [0, 0.1) is 0 Å². The Labute approximate surface area is 232 Å². The second-order valence-corrected chi connectivity index (χ2v) is 10.4. The number of nitrogens with zero attached hydrogens (tertiary/aromatic N) is 6. The molecule has 2 amide bonds. The molecular formula is C31H32N6O3. The van der Waals surface area contributed by atoms with Gasteiger partial charge in [0.05, 0.1) is 16.8 Å². The fraction of sp³-hybridized carbons (Fsp3) is 0.323. The lowest BCUT2D eigenvalue weighted by molar-refractivity contribution is -0.138. The molecule has 1 aliphatic heterocycles. The Morgan fingerprint density at radius 2 is 1.55 bits per heavy atom. The number of pyridine rings is 1. The van der Waals surface area contributed by atoms with Crippen molar-refractivity contribution < 1.29 is 9.59 Å². The number of hydrogen-bond donors (Lipinski definition) is 0. The van der Waals surface area contributed by atoms with Gasteiger partial charge in [-0.2, -0.15) is 10.2 Å². The normalized spacial score (nSPS) is 16.0. The van der Waals surface area contributed by atoms with Gasteiger partial charge < -0.3 is 9.80 Å². The average Bonchev–Trinajstić information content (AvgIpc) is 3.38. The summed E-state index contributed by atoms with van der Waals surface area (Å²) in [6, 6.07) is 19.2. The molecule has 0 atom stereocenters. The number of hydrogen-bond acceptors (Lipinski definition) is 5. The number of carbonyl (C=O) groups excluding carboxylic acids is 2. The molecule has 6 rings (SSSR count). The number of amides is 2. The van der Waals surface area contributed by atoms with E-state index in [2.05, 4.69) is 0 Å². The fourth-order valence-electron chi connectivity index (χ4n) is 5.75. The summed E-state index contributed by atoms with van der Waals surface area (Å²) >= 11 is 0. The first-order valence-electron chi connectivity index (χ1n) is 13.9. The van der Waals surface area contributed by atoms with Crippen LogP contribution in [0.15, 0.2) is 77.2 Å². The van der Waals surface area contributed by atoms with E-state index in [-0.39, 0.29) is 23.8 Å². The van der Waals surface area contributed by atoms with Gasteiger partial charge in [-0.1, -0.05) is 36.4 Å². The largest absolute Gasteiger partial charge is 0.339 e. The second kappa shape index (κ2) is 10.9. The van der Waals surface area contributed by atoms with E-state index < -0.39 is 0 Å². The van der Waals surface area contributed by atoms with Gasteiger partial charge in [-0.05, 0) is 49.5 Å². The third-order valence-electron chi connectivity index (χ3n) is 7.89. The van der Waals surface area contributed by atoms with E-state index in [9.17, 15) is 14.4 Å². The molecule has 40 heavy (non-hydrogen) atoms. The number of benzene rings is 1. The standard InChI is InChI=1S/C31H32N6O3/c1-22(38)34-17-19-35(20-18-34)29(40)21-24-11-5-6-12-26(24)37-28(39)15-14-25(32-37)30-27-13-7-8-16-36(27)33-31(30)23-9-3-2-4-10-23/h2-4,7-10,13-16H,5-6,11-12,17-21H2,1H3. The summed E-state index contributed by atoms with van der Waals surface area (Å²) in [7, 11) is 0. The molecule has 1 saturated heterocycles. The molecule has 9 nitrogen and oxygen atoms in total. The van der Waals surface area contributed by atoms with Crippen LogP contribution in [0.5, 0.6) is 0 Å². The second-order valence-electron chi connectivity index (χ2n) is 10.4. The van der Waals surface area contributed by atoms with Gasteiger partial charge in [0.1, 0.15) is 5.69 Å². The lowest BCUT2D eigenvalue weighted by Gasteiger charge is -2.34. The summed E-state index contributed by atoms with van der Waals surface area (Å²) in [5.41, 5.74) is 5.76. The molecule has 4 heterocycles. The number of piperazine rings is 1. The molecule has 1 aliphatic carbocycles. The van der Waals surface area contributed by atoms with Gasteiger partial charge in [0.15, 0.2) is 0 Å². The number of rotatable bonds is 5. The van der Waals surface area contributed by atoms with Crippen molar-refractivity contribution in [2.45, 2.75) is 39.0 Å². The van der Waals surface area contributed by atoms with Crippen molar-refractivity contribution in [1.29, 1.82) is 0 Å². The molecule has 204 valence electrons. The van der Waals surface area contributed by atoms with Crippen molar-refractivity contribution in [3.63, 3.8) is 0 Å². The Kier molecular flexibility index (Phi) is 7.02. The number of allylic oxidation sites excluding steroid dienone is 1. The SMILES string of the molecule is CC(=O)N1CCN(C(=O)CC2=C(n3nc(-c4c(-c5ccccc5)nn5ccccc45)ccc3=O)CCCC2)CC1. The highest BCUT2D eigenvalue weighted by Crippen LogP contribution is 2.35. The molecule has 0 bridgehead atoms. The zero-order valence-corrected chi connectivity index (χ0v) is 22.6. The van der Waals surface area contributed by atoms with E-state index in [1.165, 1.54) is 4.68 Å². The molecule has 0 N–H and O–H groups in total. The van der Waals surface area contributed by atoms with Crippen LogP contribution in [0.1, 0.15) is 39.0 Å². The molecule has 0 spiro atoms. The van der Waals surface area contributed by atoms with Gasteiger partial charge in [-0.3, -0.25) is 14.4 Å². The van der Waals surface area contributed by atoms with Crippen LogP contribution in [0.25, 0.3) is 33.7 Å². The first-order chi connectivity index (χ1) is 19.5. The lowest BCUT2D eigenvalue weighted by atomic mass is 9.93. The van der Waals surface area contributed by atoms with Crippen molar-refractivity contribution in [3.05, 3.63) is 82.8 Å². The highest BCUT2D eigenvalue weighted by atomic mass is 16.2. The van der Waals surface area contributed by atoms with E-state index >= 15 is 0 Å². The van der Waals surface area contributed by atoms with E-state index in [1.54, 1.807) is 24.0 Å². The van der Waals surface area contributed by atoms with Crippen molar-refractivity contribution in [2.75, 3.05) is 26.2 Å². The molecule has 0 saturated carbocycles. The minimum Gasteiger partial charge on any atom is -0.339 e. The van der Waals surface area contributed by atoms with Crippen LogP contribution in [0.3, 0.4) is 0 Å². The van der Waals surface area contributed by atoms with Crippen LogP contribution in [0.2, 0.25) is 0 Å². The van der Waals surface area contributed by atoms with Gasteiger partial charge in [-0.25, -0.2) is 9.20 Å². The maximum Gasteiger partial charge on any atom is 0.271 e. The monoisotopic (exact) mass is 536 g/mol. The molecule has 1 fully saturated rings. The predicted octanol–water partition coefficient (Wildman–Crippen LogP) is 4.09. The third-order valence-corrected chi connectivity index (χ3v) is 7.89. The van der Waals surface area contributed by atoms with Crippen molar-refractivity contribution in [2.24, 2.45) is 0 Å². The van der Waals surface area contributed by atoms with Crippen LogP contribution < -0.4 is 5.56 Å². The summed E-state index contributed by atoms with van der Waals surface area (Å²) in [6.07, 6.45) is 5.54. The van der Waals surface area contributed by atoms with Crippen molar-refractivity contribution >= 4 is 23.0 Å². The minimum absolute atomic E-state index is 0.0378. The van der Waals surface area contributed by atoms with E-state index in [4.69, 9.17) is 10.2 Å². The van der Waals surface area contributed by atoms with Crippen LogP contribution in [-0.2, 0) is 9.59 Å². The van der Waals surface area contributed by atoms with Gasteiger partial charge in [0.25, 0.3) is 5.56 Å². The van der Waals surface area contributed by atoms with E-state index in [1.807, 2.05) is 64.1 Å². The Bertz CT molecular complexity index is 1660. The number of aromatic nitrogens is 4. The fourth-order valence-corrected chi connectivity index (χ4v) is 5.75. The summed E-state index contributed by atoms with van der Waals surface area (Å²) < 4.78 is 3.34. The molecule has 2 aliphatic rings. The Balaban J connectivity index is 1.38. The zero-order valence-electron chi connectivity index (χ0n) is 22.6. The summed E-state index contributed by atoms with van der Waals surface area (Å²) in [5.74, 6) is 0.0760. The third kappa shape index (κ3) is 4.95. The van der Waals surface area contributed by atoms with E-state index in [0.29, 0.717) is 38.3 Å². The number of carbonyl (C=O) groups is 2. The van der Waals surface area contributed by atoms with Crippen molar-refractivity contribution in [1.82, 2.24) is 29.2 Å². The zero-order chi connectivity index (χ0) is 27.6. The first kappa shape index (κ1) is 25.7. The van der Waals surface area contributed by atoms with Gasteiger partial charge in [0, 0.05) is 63.0 Å². The number of fused-ring (bicyclic) bond motifs is 1. The average molecular weight is 537 g/mol. The minimum atomic E-state index is -0.210. The molecule has 3 aromatic heterocycles. The highest BCUT2D eigenvalue weighted by Gasteiger charge is 2.26. The van der Waals surface area contributed by atoms with Crippen LogP contribution >= 0.6 is 0 Å². The van der Waals surface area contributed by atoms with Crippen LogP contribution in [-0.4, -0.2) is 67.2 Å². The molecular weight excluding hydrogens is 504 g/mol. The smallest absolute Gasteiger partial charge is 0.271 e. The van der Waals surface area contributed by atoms with Gasteiger partial charge in [0.2, 0.25) is 11.8 Å². The molecule has 0 unspecified atom stereocenters. The summed E-state index contributed by atoms with van der Waals surface area (Å²) in [5, 5.41) is 9.75. The van der Waals surface area contributed by atoms with Gasteiger partial charge >= 0.3 is 0 Å². The lowest BCUT2D eigenvalue weighted by Crippen LogP contribution is -2.50. The van der Waals surface area contributed by atoms with E-state index in [0.717, 1.165) is 52.9 Å². The Hall–Kier alpha value is -4.53. The molecule has 1 aromatic carbocycles. The predicted molar refractivity (Wildman–Crippen MR) is 153 cm³/mol. The van der Waals surface area contributed by atoms with Crippen molar-refractivity contribution in [3.8, 4) is 22.5 Å². The summed E-state index contributed by atoms with van der Waals surface area (Å²) in [6.45, 7) is 3.74. The Morgan fingerprint density at radius 3 is 2.33 bits per heavy atom. The van der Waals surface area contributed by atoms with Gasteiger partial charge in [-0.15, -0.1) is 0 Å². The van der Waals surface area contributed by atoms with Crippen LogP contribution in [0.4, 0.5) is 0 Å². The maximum atomic E-state index is 13.3. The molecule has 4 aromatic rings. The molecule has 0 radical (unpaired) electrons. The first-order valence-corrected chi connectivity index (χ1v) is 13.9. The highest BCUT2D eigenvalue weighted by molar-refractivity contribution is 5.90. The summed E-state index contributed by atoms with van der Waals surface area (Å²) in [4.78, 5) is 41.8. The molecule has 9 heteroatoms. The Morgan fingerprint density at radius 1 is 0.825 bits per heavy atom. The maximum absolute atomic E-state index is 13.3.